The number of carbonyl (C=O) groups excluding carboxylic acids is 1. The van der Waals surface area contributed by atoms with E-state index in [0.29, 0.717) is 16.9 Å². The van der Waals surface area contributed by atoms with E-state index < -0.39 is 21.8 Å². The van der Waals surface area contributed by atoms with Crippen LogP contribution in [0.4, 0.5) is 22.7 Å². The second kappa shape index (κ2) is 11.0. The Morgan fingerprint density at radius 3 is 1.76 bits per heavy atom. The molecule has 0 saturated heterocycles. The lowest BCUT2D eigenvalue weighted by Gasteiger charge is -2.08. The van der Waals surface area contributed by atoms with Gasteiger partial charge in [-0.3, -0.25) is 9.44 Å². The van der Waals surface area contributed by atoms with Gasteiger partial charge in [0.15, 0.2) is 0 Å². The molecule has 0 radical (unpaired) electrons. The van der Waals surface area contributed by atoms with Gasteiger partial charge < -0.3 is 10.2 Å². The quantitative estimate of drug-likeness (QED) is 0.0896. The molecule has 0 saturated carbocycles. The number of hydrogen-bond donors (Lipinski definition) is 4. The maximum atomic E-state index is 12.1. The van der Waals surface area contributed by atoms with Crippen molar-refractivity contribution >= 4 is 38.8 Å². The highest BCUT2D eigenvalue weighted by atomic mass is 32.2. The van der Waals surface area contributed by atoms with Crippen LogP contribution in [0.15, 0.2) is 110 Å². The lowest BCUT2D eigenvalue weighted by molar-refractivity contribution is -0.182. The fourth-order valence-electron chi connectivity index (χ4n) is 3.28. The van der Waals surface area contributed by atoms with Crippen LogP contribution < -0.4 is 0 Å². The largest absolute Gasteiger partial charge is 0.508 e. The van der Waals surface area contributed by atoms with Gasteiger partial charge in [-0.25, -0.2) is 4.79 Å². The molecule has 0 amide bonds. The van der Waals surface area contributed by atoms with Crippen molar-refractivity contribution in [3.05, 3.63) is 90.5 Å². The summed E-state index contributed by atoms with van der Waals surface area (Å²) in [6.45, 7) is 0. The van der Waals surface area contributed by atoms with Crippen LogP contribution in [-0.2, 0) is 15.0 Å². The first kappa shape index (κ1) is 26.1. The number of phenolic OH excluding ortho intramolecular Hbond substituents is 2. The average molecular weight is 535 g/mol. The predicted octanol–water partition coefficient (Wildman–Crippen LogP) is 6.47. The summed E-state index contributed by atoms with van der Waals surface area (Å²) in [6.07, 6.45) is 0. The van der Waals surface area contributed by atoms with Crippen molar-refractivity contribution in [2.45, 2.75) is 4.90 Å². The van der Waals surface area contributed by atoms with Crippen molar-refractivity contribution in [1.29, 1.82) is 0 Å². The van der Waals surface area contributed by atoms with Gasteiger partial charge in [0, 0.05) is 5.56 Å². The summed E-state index contributed by atoms with van der Waals surface area (Å²) in [5.74, 6) is -1.50. The molecule has 4 rings (SSSR count). The highest BCUT2D eigenvalue weighted by molar-refractivity contribution is 7.86. The fourth-order valence-corrected chi connectivity index (χ4v) is 4.02. The Balaban J connectivity index is 1.59. The summed E-state index contributed by atoms with van der Waals surface area (Å²) in [7, 11) is -4.62. The number of rotatable bonds is 7. The van der Waals surface area contributed by atoms with Crippen molar-refractivity contribution in [2.24, 2.45) is 20.5 Å². The first-order valence-corrected chi connectivity index (χ1v) is 12.1. The Morgan fingerprint density at radius 2 is 1.18 bits per heavy atom. The molecule has 4 aromatic carbocycles. The molecule has 0 fully saturated rings. The van der Waals surface area contributed by atoms with E-state index in [1.807, 2.05) is 0 Å². The van der Waals surface area contributed by atoms with Gasteiger partial charge in [0.05, 0.1) is 22.7 Å². The molecule has 12 nitrogen and oxygen atoms in total. The maximum Gasteiger partial charge on any atom is 0.376 e. The van der Waals surface area contributed by atoms with Crippen LogP contribution in [0.3, 0.4) is 0 Å². The summed E-state index contributed by atoms with van der Waals surface area (Å²) < 4.78 is 34.0. The van der Waals surface area contributed by atoms with Gasteiger partial charge >= 0.3 is 5.97 Å². The number of hydrogen-bond acceptors (Lipinski definition) is 11. The SMILES string of the molecule is O=C(OO)c1cc(N=Nc2ccc(-c3ccc(N=Nc4ccc(O)cc4)cc3S(=O)(=O)O)cc2)ccc1O. The van der Waals surface area contributed by atoms with Crippen LogP contribution in [0.1, 0.15) is 10.4 Å². The van der Waals surface area contributed by atoms with Crippen LogP contribution in [0.2, 0.25) is 0 Å². The van der Waals surface area contributed by atoms with E-state index >= 15 is 0 Å². The van der Waals surface area contributed by atoms with E-state index in [1.54, 1.807) is 24.3 Å². The second-order valence-corrected chi connectivity index (χ2v) is 9.09. The molecule has 13 heteroatoms. The summed E-state index contributed by atoms with van der Waals surface area (Å²) in [5, 5.41) is 43.5. The van der Waals surface area contributed by atoms with Crippen LogP contribution >= 0.6 is 0 Å². The van der Waals surface area contributed by atoms with Gasteiger partial charge in [-0.05, 0) is 72.3 Å². The summed E-state index contributed by atoms with van der Waals surface area (Å²) in [4.78, 5) is 14.7. The fraction of sp³-hybridized carbons (Fsp3) is 0. The molecule has 4 aromatic rings. The van der Waals surface area contributed by atoms with E-state index in [1.165, 1.54) is 60.7 Å². The molecule has 0 unspecified atom stereocenters. The van der Waals surface area contributed by atoms with Crippen LogP contribution in [0, 0.1) is 0 Å². The van der Waals surface area contributed by atoms with Crippen LogP contribution in [0.25, 0.3) is 11.1 Å². The van der Waals surface area contributed by atoms with Gasteiger partial charge in [0.1, 0.15) is 22.0 Å². The molecule has 38 heavy (non-hydrogen) atoms. The number of carbonyl (C=O) groups is 1. The van der Waals surface area contributed by atoms with E-state index in [4.69, 9.17) is 5.26 Å². The zero-order valence-corrected chi connectivity index (χ0v) is 20.0. The minimum absolute atomic E-state index is 0.0635. The van der Waals surface area contributed by atoms with Gasteiger partial charge in [-0.2, -0.15) is 34.1 Å². The monoisotopic (exact) mass is 534 g/mol. The minimum Gasteiger partial charge on any atom is -0.508 e. The molecule has 0 spiro atoms. The third kappa shape index (κ3) is 6.22. The molecule has 0 aromatic heterocycles. The summed E-state index contributed by atoms with van der Waals surface area (Å²) >= 11 is 0. The highest BCUT2D eigenvalue weighted by Crippen LogP contribution is 2.33. The van der Waals surface area contributed by atoms with E-state index in [9.17, 15) is 28.0 Å². The first-order chi connectivity index (χ1) is 18.1. The topological polar surface area (TPSA) is 191 Å². The number of benzene rings is 4. The van der Waals surface area contributed by atoms with Crippen molar-refractivity contribution in [1.82, 2.24) is 0 Å². The Bertz CT molecular complexity index is 1650. The van der Waals surface area contributed by atoms with Gasteiger partial charge in [0.2, 0.25) is 0 Å². The zero-order valence-electron chi connectivity index (χ0n) is 19.2. The molecule has 0 bridgehead atoms. The molecule has 0 atom stereocenters. The number of nitrogens with zero attached hydrogens (tertiary/aromatic N) is 4. The van der Waals surface area contributed by atoms with Crippen molar-refractivity contribution in [3.8, 4) is 22.6 Å². The number of aromatic hydroxyl groups is 2. The standard InChI is InChI=1S/C25H18N4O8S/c30-20-9-5-17(6-10-20)27-29-19-7-11-21(24(14-19)38(34,35)36)15-1-3-16(4-2-15)26-28-18-8-12-23(31)22(13-18)25(32)37-33/h1-14,30-31,33H,(H,34,35,36). The lowest BCUT2D eigenvalue weighted by atomic mass is 10.0. The maximum absolute atomic E-state index is 12.1. The Kier molecular flexibility index (Phi) is 7.53. The van der Waals surface area contributed by atoms with Crippen LogP contribution in [0.5, 0.6) is 11.5 Å². The van der Waals surface area contributed by atoms with Gasteiger partial charge in [-0.1, -0.05) is 18.2 Å². The second-order valence-electron chi connectivity index (χ2n) is 7.70. The lowest BCUT2D eigenvalue weighted by Crippen LogP contribution is -2.01. The summed E-state index contributed by atoms with van der Waals surface area (Å²) in [5.41, 5.74) is 1.54. The Morgan fingerprint density at radius 1 is 0.684 bits per heavy atom. The average Bonchev–Trinajstić information content (AvgIpc) is 2.91. The molecule has 0 heterocycles. The van der Waals surface area contributed by atoms with Crippen molar-refractivity contribution < 1.29 is 38.1 Å². The van der Waals surface area contributed by atoms with E-state index in [2.05, 4.69) is 25.3 Å². The Hall–Kier alpha value is -4.98. The highest BCUT2D eigenvalue weighted by Gasteiger charge is 2.18. The number of azo groups is 2. The molecule has 192 valence electrons. The van der Waals surface area contributed by atoms with Crippen LogP contribution in [-0.4, -0.2) is 34.4 Å². The third-order valence-corrected chi connectivity index (χ3v) is 6.01. The smallest absolute Gasteiger partial charge is 0.376 e. The molecular formula is C25H18N4O8S. The minimum atomic E-state index is -4.62. The van der Waals surface area contributed by atoms with Crippen molar-refractivity contribution in [2.75, 3.05) is 0 Å². The molecule has 4 N–H and O–H groups in total. The predicted molar refractivity (Wildman–Crippen MR) is 134 cm³/mol. The third-order valence-electron chi connectivity index (χ3n) is 5.12. The molecule has 0 aliphatic heterocycles. The first-order valence-electron chi connectivity index (χ1n) is 10.7. The van der Waals surface area contributed by atoms with Crippen molar-refractivity contribution in [3.63, 3.8) is 0 Å². The normalized spacial score (nSPS) is 11.7. The van der Waals surface area contributed by atoms with Gasteiger partial charge in [-0.15, -0.1) is 0 Å². The molecular weight excluding hydrogens is 516 g/mol. The van der Waals surface area contributed by atoms with E-state index in [0.717, 1.165) is 0 Å². The Labute approximate surface area is 215 Å². The number of phenols is 2. The van der Waals surface area contributed by atoms with Gasteiger partial charge in [0.25, 0.3) is 10.1 Å². The summed E-state index contributed by atoms with van der Waals surface area (Å²) in [6, 6.07) is 20.1. The van der Waals surface area contributed by atoms with E-state index in [-0.39, 0.29) is 33.1 Å². The molecule has 0 aliphatic carbocycles. The molecule has 0 aliphatic rings. The zero-order chi connectivity index (χ0) is 27.3.